The quantitative estimate of drug-likeness (QED) is 0.794. The van der Waals surface area contributed by atoms with Gasteiger partial charge in [-0.1, -0.05) is 12.1 Å². The van der Waals surface area contributed by atoms with Crippen LogP contribution in [-0.4, -0.2) is 45.2 Å². The van der Waals surface area contributed by atoms with Crippen molar-refractivity contribution in [2.45, 2.75) is 4.90 Å². The fourth-order valence-corrected chi connectivity index (χ4v) is 2.99. The number of carbonyl (C=O) groups is 2. The van der Waals surface area contributed by atoms with Crippen molar-refractivity contribution in [2.24, 2.45) is 0 Å². The molecule has 0 atom stereocenters. The summed E-state index contributed by atoms with van der Waals surface area (Å²) in [6, 6.07) is 10.8. The number of rotatable bonds is 6. The van der Waals surface area contributed by atoms with Gasteiger partial charge in [-0.2, -0.15) is 0 Å². The average Bonchev–Trinajstić information content (AvgIpc) is 2.59. The predicted octanol–water partition coefficient (Wildman–Crippen LogP) is 1.44. The molecule has 2 amide bonds. The van der Waals surface area contributed by atoms with Gasteiger partial charge in [-0.3, -0.25) is 9.59 Å². The van der Waals surface area contributed by atoms with Gasteiger partial charge in [0.1, 0.15) is 5.82 Å². The normalized spacial score (nSPS) is 11.2. The molecule has 7 nitrogen and oxygen atoms in total. The summed E-state index contributed by atoms with van der Waals surface area (Å²) < 4.78 is 38.3. The van der Waals surface area contributed by atoms with E-state index in [1.807, 2.05) is 0 Å². The summed E-state index contributed by atoms with van der Waals surface area (Å²) in [4.78, 5) is 23.9. The summed E-state index contributed by atoms with van der Waals surface area (Å²) in [7, 11) is -0.895. The van der Waals surface area contributed by atoms with E-state index in [4.69, 9.17) is 0 Å². The number of carbonyl (C=O) groups excluding carboxylic acids is 2. The van der Waals surface area contributed by atoms with Crippen molar-refractivity contribution in [1.82, 2.24) is 9.62 Å². The molecule has 0 aliphatic carbocycles. The molecular weight excluding hydrogens is 361 g/mol. The Hall–Kier alpha value is -2.78. The SMILES string of the molecule is CN(C)S(=O)(=O)c1cccc(C(=O)NCC(=O)Nc2cccc(F)c2)c1. The van der Waals surface area contributed by atoms with E-state index in [2.05, 4.69) is 10.6 Å². The maximum atomic E-state index is 13.1. The predicted molar refractivity (Wildman–Crippen MR) is 94.7 cm³/mol. The van der Waals surface area contributed by atoms with Crippen LogP contribution in [0.2, 0.25) is 0 Å². The van der Waals surface area contributed by atoms with Gasteiger partial charge in [0.15, 0.2) is 0 Å². The van der Waals surface area contributed by atoms with Gasteiger partial charge in [0, 0.05) is 25.3 Å². The van der Waals surface area contributed by atoms with E-state index in [1.165, 1.54) is 56.6 Å². The van der Waals surface area contributed by atoms with Crippen molar-refractivity contribution in [3.05, 3.63) is 59.9 Å². The Morgan fingerprint density at radius 2 is 1.77 bits per heavy atom. The molecule has 0 bridgehead atoms. The number of nitrogens with zero attached hydrogens (tertiary/aromatic N) is 1. The van der Waals surface area contributed by atoms with Crippen LogP contribution in [0.25, 0.3) is 0 Å². The first-order valence-electron chi connectivity index (χ1n) is 7.56. The molecule has 0 aromatic heterocycles. The topological polar surface area (TPSA) is 95.6 Å². The first kappa shape index (κ1) is 19.5. The summed E-state index contributed by atoms with van der Waals surface area (Å²) in [6.45, 7) is -0.347. The van der Waals surface area contributed by atoms with Crippen molar-refractivity contribution in [3.63, 3.8) is 0 Å². The molecule has 0 aliphatic heterocycles. The lowest BCUT2D eigenvalue weighted by Gasteiger charge is -2.12. The third-order valence-electron chi connectivity index (χ3n) is 3.39. The highest BCUT2D eigenvalue weighted by molar-refractivity contribution is 7.89. The molecule has 0 spiro atoms. The molecule has 2 aromatic rings. The van der Waals surface area contributed by atoms with Crippen LogP contribution in [-0.2, 0) is 14.8 Å². The first-order valence-corrected chi connectivity index (χ1v) is 9.00. The maximum Gasteiger partial charge on any atom is 0.251 e. The van der Waals surface area contributed by atoms with Crippen LogP contribution in [0.3, 0.4) is 0 Å². The maximum absolute atomic E-state index is 13.1. The van der Waals surface area contributed by atoms with Gasteiger partial charge in [-0.15, -0.1) is 0 Å². The van der Waals surface area contributed by atoms with E-state index in [9.17, 15) is 22.4 Å². The van der Waals surface area contributed by atoms with Crippen molar-refractivity contribution in [3.8, 4) is 0 Å². The number of amides is 2. The van der Waals surface area contributed by atoms with Crippen molar-refractivity contribution in [1.29, 1.82) is 0 Å². The van der Waals surface area contributed by atoms with E-state index in [0.717, 1.165) is 10.4 Å². The minimum atomic E-state index is -3.67. The number of sulfonamides is 1. The Morgan fingerprint density at radius 1 is 1.08 bits per heavy atom. The van der Waals surface area contributed by atoms with Gasteiger partial charge in [-0.05, 0) is 36.4 Å². The Morgan fingerprint density at radius 3 is 2.42 bits per heavy atom. The lowest BCUT2D eigenvalue weighted by Crippen LogP contribution is -2.33. The highest BCUT2D eigenvalue weighted by Gasteiger charge is 2.19. The largest absolute Gasteiger partial charge is 0.343 e. The zero-order valence-corrected chi connectivity index (χ0v) is 15.0. The fourth-order valence-electron chi connectivity index (χ4n) is 2.04. The Kier molecular flexibility index (Phi) is 6.06. The fraction of sp³-hybridized carbons (Fsp3) is 0.176. The van der Waals surface area contributed by atoms with Crippen LogP contribution < -0.4 is 10.6 Å². The molecule has 0 saturated carbocycles. The zero-order valence-electron chi connectivity index (χ0n) is 14.2. The van der Waals surface area contributed by atoms with Gasteiger partial charge in [0.2, 0.25) is 15.9 Å². The smallest absolute Gasteiger partial charge is 0.251 e. The van der Waals surface area contributed by atoms with Crippen molar-refractivity contribution < 1.29 is 22.4 Å². The molecule has 2 rings (SSSR count). The molecule has 0 aliphatic rings. The highest BCUT2D eigenvalue weighted by atomic mass is 32.2. The van der Waals surface area contributed by atoms with Crippen molar-refractivity contribution >= 4 is 27.5 Å². The number of anilines is 1. The number of halogens is 1. The molecule has 138 valence electrons. The number of benzene rings is 2. The molecule has 0 fully saturated rings. The second kappa shape index (κ2) is 8.07. The van der Waals surface area contributed by atoms with Crippen LogP contribution in [0.15, 0.2) is 53.4 Å². The third kappa shape index (κ3) is 4.87. The third-order valence-corrected chi connectivity index (χ3v) is 5.20. The van der Waals surface area contributed by atoms with Crippen LogP contribution in [0.5, 0.6) is 0 Å². The molecule has 2 aromatic carbocycles. The van der Waals surface area contributed by atoms with Crippen LogP contribution >= 0.6 is 0 Å². The molecule has 0 heterocycles. The minimum Gasteiger partial charge on any atom is -0.343 e. The Balaban J connectivity index is 2.01. The van der Waals surface area contributed by atoms with Gasteiger partial charge in [0.25, 0.3) is 5.91 Å². The molecule has 0 saturated heterocycles. The number of hydrogen-bond donors (Lipinski definition) is 2. The second-order valence-electron chi connectivity index (χ2n) is 5.56. The molecule has 2 N–H and O–H groups in total. The number of nitrogens with one attached hydrogen (secondary N) is 2. The van der Waals surface area contributed by atoms with Crippen molar-refractivity contribution in [2.75, 3.05) is 26.0 Å². The van der Waals surface area contributed by atoms with E-state index >= 15 is 0 Å². The Bertz CT molecular complexity index is 929. The molecule has 0 radical (unpaired) electrons. The second-order valence-corrected chi connectivity index (χ2v) is 7.71. The first-order chi connectivity index (χ1) is 12.2. The lowest BCUT2D eigenvalue weighted by molar-refractivity contribution is -0.115. The number of hydrogen-bond acceptors (Lipinski definition) is 4. The summed E-state index contributed by atoms with van der Waals surface area (Å²) in [5.41, 5.74) is 0.370. The van der Waals surface area contributed by atoms with Crippen LogP contribution in [0.1, 0.15) is 10.4 Å². The van der Waals surface area contributed by atoms with Gasteiger partial charge < -0.3 is 10.6 Å². The Labute approximate surface area is 150 Å². The molecule has 26 heavy (non-hydrogen) atoms. The summed E-state index contributed by atoms with van der Waals surface area (Å²) in [5, 5.41) is 4.83. The van der Waals surface area contributed by atoms with Gasteiger partial charge >= 0.3 is 0 Å². The van der Waals surface area contributed by atoms with Crippen LogP contribution in [0, 0.1) is 5.82 Å². The van der Waals surface area contributed by atoms with Gasteiger partial charge in [-0.25, -0.2) is 17.1 Å². The van der Waals surface area contributed by atoms with E-state index in [1.54, 1.807) is 0 Å². The molecular formula is C17H18FN3O4S. The van der Waals surface area contributed by atoms with E-state index in [0.29, 0.717) is 0 Å². The summed E-state index contributed by atoms with van der Waals surface area (Å²) in [6.07, 6.45) is 0. The molecule has 0 unspecified atom stereocenters. The monoisotopic (exact) mass is 379 g/mol. The van der Waals surface area contributed by atoms with Crippen LogP contribution in [0.4, 0.5) is 10.1 Å². The minimum absolute atomic E-state index is 0.0284. The molecule has 9 heteroatoms. The average molecular weight is 379 g/mol. The summed E-state index contributed by atoms with van der Waals surface area (Å²) in [5.74, 6) is -1.64. The zero-order chi connectivity index (χ0) is 19.3. The summed E-state index contributed by atoms with van der Waals surface area (Å²) >= 11 is 0. The lowest BCUT2D eigenvalue weighted by atomic mass is 10.2. The van der Waals surface area contributed by atoms with E-state index < -0.39 is 27.7 Å². The van der Waals surface area contributed by atoms with Gasteiger partial charge in [0.05, 0.1) is 11.4 Å². The van der Waals surface area contributed by atoms with E-state index in [-0.39, 0.29) is 22.7 Å². The standard InChI is InChI=1S/C17H18FN3O4S/c1-21(2)26(24,25)15-8-3-5-12(9-15)17(23)19-11-16(22)20-14-7-4-6-13(18)10-14/h3-10H,11H2,1-2H3,(H,19,23)(H,20,22). The highest BCUT2D eigenvalue weighted by Crippen LogP contribution is 2.15.